The van der Waals surface area contributed by atoms with Gasteiger partial charge in [0.1, 0.15) is 5.82 Å². The molecule has 0 heterocycles. The van der Waals surface area contributed by atoms with Crippen molar-refractivity contribution in [1.29, 1.82) is 0 Å². The van der Waals surface area contributed by atoms with Gasteiger partial charge in [-0.15, -0.1) is 0 Å². The third-order valence-corrected chi connectivity index (χ3v) is 3.19. The molecule has 0 radical (unpaired) electrons. The number of carbonyl (C=O) groups is 1. The Labute approximate surface area is 133 Å². The molecule has 114 valence electrons. The predicted octanol–water partition coefficient (Wildman–Crippen LogP) is 3.10. The van der Waals surface area contributed by atoms with Crippen LogP contribution in [0.5, 0.6) is 0 Å². The minimum absolute atomic E-state index is 0.273. The van der Waals surface area contributed by atoms with Crippen LogP contribution < -0.4 is 10.6 Å². The fourth-order valence-corrected chi connectivity index (χ4v) is 2.02. The van der Waals surface area contributed by atoms with Gasteiger partial charge in [0.15, 0.2) is 5.11 Å². The van der Waals surface area contributed by atoms with Crippen molar-refractivity contribution < 1.29 is 13.9 Å². The van der Waals surface area contributed by atoms with Crippen LogP contribution in [0.2, 0.25) is 0 Å². The molecular formula is C16H15FN2O2S. The Morgan fingerprint density at radius 3 is 2.73 bits per heavy atom. The molecule has 0 saturated carbocycles. The molecular weight excluding hydrogens is 303 g/mol. The van der Waals surface area contributed by atoms with Gasteiger partial charge >= 0.3 is 5.97 Å². The van der Waals surface area contributed by atoms with Crippen LogP contribution in [0.25, 0.3) is 0 Å². The highest BCUT2D eigenvalue weighted by molar-refractivity contribution is 7.80. The molecule has 0 spiro atoms. The van der Waals surface area contributed by atoms with Crippen LogP contribution in [0.15, 0.2) is 48.5 Å². The van der Waals surface area contributed by atoms with E-state index in [1.807, 2.05) is 0 Å². The Balaban J connectivity index is 1.95. The minimum Gasteiger partial charge on any atom is -0.465 e. The van der Waals surface area contributed by atoms with E-state index in [-0.39, 0.29) is 12.4 Å². The van der Waals surface area contributed by atoms with Crippen LogP contribution in [0, 0.1) is 5.82 Å². The van der Waals surface area contributed by atoms with Crippen molar-refractivity contribution in [3.05, 3.63) is 65.5 Å². The molecule has 0 aliphatic carbocycles. The van der Waals surface area contributed by atoms with Crippen molar-refractivity contribution in [2.45, 2.75) is 6.54 Å². The molecule has 0 unspecified atom stereocenters. The number of hydrogen-bond acceptors (Lipinski definition) is 3. The van der Waals surface area contributed by atoms with Gasteiger partial charge in [-0.1, -0.05) is 24.3 Å². The monoisotopic (exact) mass is 318 g/mol. The molecule has 4 nitrogen and oxygen atoms in total. The van der Waals surface area contributed by atoms with Crippen molar-refractivity contribution in [2.75, 3.05) is 12.4 Å². The minimum atomic E-state index is -0.422. The predicted molar refractivity (Wildman–Crippen MR) is 87.2 cm³/mol. The highest BCUT2D eigenvalue weighted by atomic mass is 32.1. The molecule has 0 aromatic heterocycles. The number of nitrogens with one attached hydrogen (secondary N) is 2. The fourth-order valence-electron chi connectivity index (χ4n) is 1.83. The first-order chi connectivity index (χ1) is 10.6. The van der Waals surface area contributed by atoms with Crippen LogP contribution in [0.4, 0.5) is 10.1 Å². The number of hydrogen-bond donors (Lipinski definition) is 2. The Morgan fingerprint density at radius 1 is 1.23 bits per heavy atom. The Morgan fingerprint density at radius 2 is 2.00 bits per heavy atom. The molecule has 22 heavy (non-hydrogen) atoms. The lowest BCUT2D eigenvalue weighted by atomic mass is 10.2. The number of benzene rings is 2. The maximum Gasteiger partial charge on any atom is 0.337 e. The molecule has 0 fully saturated rings. The van der Waals surface area contributed by atoms with E-state index in [4.69, 9.17) is 12.2 Å². The Bertz CT molecular complexity index is 691. The molecule has 0 bridgehead atoms. The largest absolute Gasteiger partial charge is 0.465 e. The summed E-state index contributed by atoms with van der Waals surface area (Å²) in [6.07, 6.45) is 0. The maximum atomic E-state index is 13.5. The summed E-state index contributed by atoms with van der Waals surface area (Å²) in [5, 5.41) is 6.19. The van der Waals surface area contributed by atoms with Crippen molar-refractivity contribution in [2.24, 2.45) is 0 Å². The van der Waals surface area contributed by atoms with Crippen LogP contribution in [0.1, 0.15) is 15.9 Å². The maximum absolute atomic E-state index is 13.5. The highest BCUT2D eigenvalue weighted by Crippen LogP contribution is 2.12. The zero-order valence-corrected chi connectivity index (χ0v) is 12.7. The third kappa shape index (κ3) is 4.26. The number of ether oxygens (including phenoxy) is 1. The average Bonchev–Trinajstić information content (AvgIpc) is 2.53. The SMILES string of the molecule is COC(=O)c1cccc(NC(=S)NCc2ccccc2F)c1. The number of anilines is 1. The number of esters is 1. The van der Waals surface area contributed by atoms with Gasteiger partial charge in [-0.25, -0.2) is 9.18 Å². The van der Waals surface area contributed by atoms with Gasteiger partial charge in [-0.3, -0.25) is 0 Å². The lowest BCUT2D eigenvalue weighted by molar-refractivity contribution is 0.0601. The first kappa shape index (κ1) is 15.9. The number of thiocarbonyl (C=S) groups is 1. The van der Waals surface area contributed by atoms with E-state index in [0.29, 0.717) is 21.9 Å². The van der Waals surface area contributed by atoms with E-state index in [1.165, 1.54) is 13.2 Å². The Kier molecular flexibility index (Phi) is 5.43. The van der Waals surface area contributed by atoms with Gasteiger partial charge in [0.2, 0.25) is 0 Å². The molecule has 6 heteroatoms. The smallest absolute Gasteiger partial charge is 0.337 e. The van der Waals surface area contributed by atoms with Crippen molar-refractivity contribution in [3.8, 4) is 0 Å². The molecule has 0 aliphatic heterocycles. The molecule has 0 atom stereocenters. The molecule has 0 saturated heterocycles. The Hall–Kier alpha value is -2.47. The lowest BCUT2D eigenvalue weighted by Gasteiger charge is -2.11. The fraction of sp³-hybridized carbons (Fsp3) is 0.125. The van der Waals surface area contributed by atoms with Crippen LogP contribution in [-0.4, -0.2) is 18.2 Å². The second-order valence-electron chi connectivity index (χ2n) is 4.47. The number of methoxy groups -OCH3 is 1. The summed E-state index contributed by atoms with van der Waals surface area (Å²) >= 11 is 5.15. The first-order valence-corrected chi connectivity index (χ1v) is 6.97. The molecule has 2 rings (SSSR count). The van der Waals surface area contributed by atoms with Gasteiger partial charge in [0, 0.05) is 17.8 Å². The normalized spacial score (nSPS) is 9.91. The number of carbonyl (C=O) groups excluding carboxylic acids is 1. The standard InChI is InChI=1S/C16H15FN2O2S/c1-21-15(20)11-6-4-7-13(9-11)19-16(22)18-10-12-5-2-3-8-14(12)17/h2-9H,10H2,1H3,(H2,18,19,22). The van der Waals surface area contributed by atoms with Crippen molar-refractivity contribution in [3.63, 3.8) is 0 Å². The number of rotatable bonds is 4. The van der Waals surface area contributed by atoms with Gasteiger partial charge in [0.05, 0.1) is 12.7 Å². The van der Waals surface area contributed by atoms with Gasteiger partial charge in [-0.05, 0) is 36.5 Å². The van der Waals surface area contributed by atoms with Gasteiger partial charge in [-0.2, -0.15) is 0 Å². The van der Waals surface area contributed by atoms with E-state index in [2.05, 4.69) is 15.4 Å². The van der Waals surface area contributed by atoms with Crippen LogP contribution in [-0.2, 0) is 11.3 Å². The summed E-state index contributed by atoms with van der Waals surface area (Å²) < 4.78 is 18.2. The molecule has 0 amide bonds. The summed E-state index contributed by atoms with van der Waals surface area (Å²) in [5.74, 6) is -0.709. The second-order valence-corrected chi connectivity index (χ2v) is 4.88. The van der Waals surface area contributed by atoms with Gasteiger partial charge in [0.25, 0.3) is 0 Å². The van der Waals surface area contributed by atoms with Crippen molar-refractivity contribution in [1.82, 2.24) is 5.32 Å². The summed E-state index contributed by atoms with van der Waals surface area (Å²) in [7, 11) is 1.32. The summed E-state index contributed by atoms with van der Waals surface area (Å²) in [5.41, 5.74) is 1.59. The summed E-state index contributed by atoms with van der Waals surface area (Å²) in [6, 6.07) is 13.2. The van der Waals surface area contributed by atoms with Crippen LogP contribution in [0.3, 0.4) is 0 Å². The number of halogens is 1. The van der Waals surface area contributed by atoms with E-state index in [9.17, 15) is 9.18 Å². The van der Waals surface area contributed by atoms with E-state index < -0.39 is 5.97 Å². The van der Waals surface area contributed by atoms with Gasteiger partial charge < -0.3 is 15.4 Å². The molecule has 2 N–H and O–H groups in total. The van der Waals surface area contributed by atoms with E-state index in [0.717, 1.165) is 0 Å². The average molecular weight is 318 g/mol. The lowest BCUT2D eigenvalue weighted by Crippen LogP contribution is -2.28. The quantitative estimate of drug-likeness (QED) is 0.670. The summed E-state index contributed by atoms with van der Waals surface area (Å²) in [6.45, 7) is 0.273. The van der Waals surface area contributed by atoms with E-state index in [1.54, 1.807) is 42.5 Å². The highest BCUT2D eigenvalue weighted by Gasteiger charge is 2.07. The summed E-state index contributed by atoms with van der Waals surface area (Å²) in [4.78, 5) is 11.5. The van der Waals surface area contributed by atoms with Crippen molar-refractivity contribution >= 4 is 29.0 Å². The topological polar surface area (TPSA) is 50.4 Å². The first-order valence-electron chi connectivity index (χ1n) is 6.57. The van der Waals surface area contributed by atoms with E-state index >= 15 is 0 Å². The molecule has 2 aromatic rings. The zero-order valence-electron chi connectivity index (χ0n) is 11.9. The molecule has 0 aliphatic rings. The third-order valence-electron chi connectivity index (χ3n) is 2.94. The zero-order chi connectivity index (χ0) is 15.9. The molecule has 2 aromatic carbocycles. The van der Waals surface area contributed by atoms with Crippen LogP contribution >= 0.6 is 12.2 Å². The second kappa shape index (κ2) is 7.51.